The van der Waals surface area contributed by atoms with Crippen LogP contribution in [0.4, 0.5) is 0 Å². The van der Waals surface area contributed by atoms with Gasteiger partial charge in [0.1, 0.15) is 11.2 Å². The molecule has 2 aromatic rings. The summed E-state index contributed by atoms with van der Waals surface area (Å²) >= 11 is 0. The van der Waals surface area contributed by atoms with E-state index in [-0.39, 0.29) is 23.1 Å². The van der Waals surface area contributed by atoms with Crippen molar-refractivity contribution in [2.75, 3.05) is 13.1 Å². The highest BCUT2D eigenvalue weighted by atomic mass is 16.3. The van der Waals surface area contributed by atoms with Crippen molar-refractivity contribution in [3.8, 4) is 0 Å². The van der Waals surface area contributed by atoms with Crippen LogP contribution < -0.4 is 5.56 Å². The number of fused-ring (bicyclic) bond motifs is 1. The number of carbonyl (C=O) groups is 1. The predicted octanol–water partition coefficient (Wildman–Crippen LogP) is 0.291. The van der Waals surface area contributed by atoms with Gasteiger partial charge in [0, 0.05) is 25.5 Å². The second-order valence-corrected chi connectivity index (χ2v) is 4.93. The van der Waals surface area contributed by atoms with Crippen LogP contribution in [0, 0.1) is 0 Å². The van der Waals surface area contributed by atoms with E-state index in [9.17, 15) is 14.7 Å². The molecular weight excluding hydrogens is 258 g/mol. The van der Waals surface area contributed by atoms with Crippen molar-refractivity contribution in [3.05, 3.63) is 46.5 Å². The summed E-state index contributed by atoms with van der Waals surface area (Å²) in [5.41, 5.74) is 0.236. The van der Waals surface area contributed by atoms with Crippen LogP contribution >= 0.6 is 0 Å². The molecule has 0 aliphatic carbocycles. The number of nitrogens with zero attached hydrogens (tertiary/aromatic N) is 3. The van der Waals surface area contributed by atoms with Crippen LogP contribution in [0.1, 0.15) is 23.2 Å². The van der Waals surface area contributed by atoms with Gasteiger partial charge in [0.05, 0.1) is 6.10 Å². The molecule has 0 radical (unpaired) electrons. The number of aromatic nitrogens is 2. The molecule has 0 spiro atoms. The molecule has 6 nitrogen and oxygen atoms in total. The summed E-state index contributed by atoms with van der Waals surface area (Å²) in [4.78, 5) is 30.4. The number of aliphatic hydroxyl groups is 1. The summed E-state index contributed by atoms with van der Waals surface area (Å²) in [7, 11) is 0. The average Bonchev–Trinajstić information content (AvgIpc) is 2.48. The molecule has 1 N–H and O–H groups in total. The normalized spacial score (nSPS) is 16.6. The zero-order valence-corrected chi connectivity index (χ0v) is 10.9. The van der Waals surface area contributed by atoms with Gasteiger partial charge in [-0.05, 0) is 25.0 Å². The Labute approximate surface area is 115 Å². The largest absolute Gasteiger partial charge is 0.393 e. The predicted molar refractivity (Wildman–Crippen MR) is 72.6 cm³/mol. The molecule has 1 aliphatic heterocycles. The number of amides is 1. The number of hydrogen-bond acceptors (Lipinski definition) is 4. The van der Waals surface area contributed by atoms with E-state index in [1.54, 1.807) is 29.3 Å². The zero-order valence-electron chi connectivity index (χ0n) is 10.9. The van der Waals surface area contributed by atoms with E-state index < -0.39 is 0 Å². The molecule has 3 rings (SSSR count). The number of hydrogen-bond donors (Lipinski definition) is 1. The van der Waals surface area contributed by atoms with Gasteiger partial charge in [-0.1, -0.05) is 6.07 Å². The Kier molecular flexibility index (Phi) is 3.23. The molecule has 6 heteroatoms. The fraction of sp³-hybridized carbons (Fsp3) is 0.357. The maximum atomic E-state index is 12.4. The number of likely N-dealkylation sites (tertiary alicyclic amines) is 1. The fourth-order valence-corrected chi connectivity index (χ4v) is 2.41. The average molecular weight is 273 g/mol. The van der Waals surface area contributed by atoms with Crippen LogP contribution in [-0.2, 0) is 0 Å². The second kappa shape index (κ2) is 5.05. The highest BCUT2D eigenvalue weighted by Gasteiger charge is 2.24. The van der Waals surface area contributed by atoms with Gasteiger partial charge in [-0.2, -0.15) is 0 Å². The summed E-state index contributed by atoms with van der Waals surface area (Å²) in [6, 6.07) is 5.23. The molecule has 1 amide bonds. The Hall–Kier alpha value is -2.21. The monoisotopic (exact) mass is 273 g/mol. The molecule has 0 saturated carbocycles. The first-order chi connectivity index (χ1) is 9.66. The van der Waals surface area contributed by atoms with E-state index in [4.69, 9.17) is 0 Å². The SMILES string of the molecule is O=C(c1cnc2ccccn2c1=O)N1CCC(O)CC1. The maximum Gasteiger partial charge on any atom is 0.270 e. The van der Waals surface area contributed by atoms with Gasteiger partial charge in [-0.3, -0.25) is 14.0 Å². The quantitative estimate of drug-likeness (QED) is 0.810. The summed E-state index contributed by atoms with van der Waals surface area (Å²) in [5.74, 6) is -0.312. The molecule has 1 aliphatic rings. The molecule has 0 bridgehead atoms. The third-order valence-corrected chi connectivity index (χ3v) is 3.60. The number of aliphatic hydroxyl groups excluding tert-OH is 1. The number of piperidine rings is 1. The molecule has 0 unspecified atom stereocenters. The number of pyridine rings is 1. The minimum absolute atomic E-state index is 0.0742. The minimum Gasteiger partial charge on any atom is -0.393 e. The molecule has 2 aromatic heterocycles. The van der Waals surface area contributed by atoms with Crippen molar-refractivity contribution in [3.63, 3.8) is 0 Å². The first-order valence-electron chi connectivity index (χ1n) is 6.60. The molecular formula is C14H15N3O3. The summed E-state index contributed by atoms with van der Waals surface area (Å²) < 4.78 is 1.37. The molecule has 0 aromatic carbocycles. The zero-order chi connectivity index (χ0) is 14.1. The number of rotatable bonds is 1. The first kappa shape index (κ1) is 12.8. The van der Waals surface area contributed by atoms with Gasteiger partial charge in [-0.15, -0.1) is 0 Å². The first-order valence-corrected chi connectivity index (χ1v) is 6.60. The minimum atomic E-state index is -0.355. The Bertz CT molecular complexity index is 702. The lowest BCUT2D eigenvalue weighted by Gasteiger charge is -2.29. The van der Waals surface area contributed by atoms with Crippen molar-refractivity contribution in [2.24, 2.45) is 0 Å². The van der Waals surface area contributed by atoms with E-state index in [0.29, 0.717) is 31.6 Å². The van der Waals surface area contributed by atoms with Gasteiger partial charge in [-0.25, -0.2) is 4.98 Å². The summed E-state index contributed by atoms with van der Waals surface area (Å²) in [6.45, 7) is 0.938. The Balaban J connectivity index is 1.96. The molecule has 3 heterocycles. The van der Waals surface area contributed by atoms with Crippen molar-refractivity contribution in [2.45, 2.75) is 18.9 Å². The van der Waals surface area contributed by atoms with E-state index in [1.165, 1.54) is 10.6 Å². The second-order valence-electron chi connectivity index (χ2n) is 4.93. The lowest BCUT2D eigenvalue weighted by Crippen LogP contribution is -2.42. The lowest BCUT2D eigenvalue weighted by atomic mass is 10.1. The summed E-state index contributed by atoms with van der Waals surface area (Å²) in [6.07, 6.45) is 3.68. The molecule has 104 valence electrons. The molecule has 0 atom stereocenters. The van der Waals surface area contributed by atoms with Crippen LogP contribution in [0.15, 0.2) is 35.4 Å². The highest BCUT2D eigenvalue weighted by molar-refractivity contribution is 5.93. The van der Waals surface area contributed by atoms with Crippen LogP contribution in [0.3, 0.4) is 0 Å². The highest BCUT2D eigenvalue weighted by Crippen LogP contribution is 2.12. The Morgan fingerprint density at radius 1 is 1.30 bits per heavy atom. The van der Waals surface area contributed by atoms with Crippen molar-refractivity contribution in [1.82, 2.24) is 14.3 Å². The maximum absolute atomic E-state index is 12.4. The Morgan fingerprint density at radius 2 is 2.05 bits per heavy atom. The molecule has 1 fully saturated rings. The van der Waals surface area contributed by atoms with E-state index in [2.05, 4.69) is 4.98 Å². The van der Waals surface area contributed by atoms with E-state index >= 15 is 0 Å². The van der Waals surface area contributed by atoms with E-state index in [0.717, 1.165) is 0 Å². The lowest BCUT2D eigenvalue weighted by molar-refractivity contribution is 0.0544. The van der Waals surface area contributed by atoms with Gasteiger partial charge >= 0.3 is 0 Å². The van der Waals surface area contributed by atoms with Crippen LogP contribution in [0.5, 0.6) is 0 Å². The fourth-order valence-electron chi connectivity index (χ4n) is 2.41. The number of carbonyl (C=O) groups excluding carboxylic acids is 1. The van der Waals surface area contributed by atoms with Crippen LogP contribution in [-0.4, -0.2) is 44.5 Å². The third-order valence-electron chi connectivity index (χ3n) is 3.60. The van der Waals surface area contributed by atoms with Gasteiger partial charge in [0.15, 0.2) is 0 Å². The van der Waals surface area contributed by atoms with Crippen LogP contribution in [0.2, 0.25) is 0 Å². The summed E-state index contributed by atoms with van der Waals surface area (Å²) in [5, 5.41) is 9.46. The smallest absolute Gasteiger partial charge is 0.270 e. The Morgan fingerprint density at radius 3 is 2.80 bits per heavy atom. The molecule has 20 heavy (non-hydrogen) atoms. The topological polar surface area (TPSA) is 74.9 Å². The van der Waals surface area contributed by atoms with Gasteiger partial charge in [0.25, 0.3) is 11.5 Å². The molecule has 1 saturated heterocycles. The van der Waals surface area contributed by atoms with Gasteiger partial charge < -0.3 is 10.0 Å². The standard InChI is InChI=1S/C14H15N3O3/c18-10-4-7-16(8-5-10)13(19)11-9-15-12-3-1-2-6-17(12)14(11)20/h1-3,6,9-10,18H,4-5,7-8H2. The van der Waals surface area contributed by atoms with Crippen molar-refractivity contribution < 1.29 is 9.90 Å². The van der Waals surface area contributed by atoms with E-state index in [1.807, 2.05) is 0 Å². The van der Waals surface area contributed by atoms with Crippen LogP contribution in [0.25, 0.3) is 5.65 Å². The van der Waals surface area contributed by atoms with Crippen molar-refractivity contribution >= 4 is 11.6 Å². The third kappa shape index (κ3) is 2.18. The van der Waals surface area contributed by atoms with Gasteiger partial charge in [0.2, 0.25) is 0 Å². The van der Waals surface area contributed by atoms with Crippen molar-refractivity contribution in [1.29, 1.82) is 0 Å².